The summed E-state index contributed by atoms with van der Waals surface area (Å²) in [6.07, 6.45) is -0.892. The number of hydrogen-bond donors (Lipinski definition) is 4. The van der Waals surface area contributed by atoms with E-state index in [2.05, 4.69) is 4.98 Å². The van der Waals surface area contributed by atoms with Gasteiger partial charge in [0.15, 0.2) is 0 Å². The fourth-order valence-corrected chi connectivity index (χ4v) is 5.99. The fourth-order valence-electron chi connectivity index (χ4n) is 3.45. The Bertz CT molecular complexity index is 978. The number of fused-ring (bicyclic) bond motifs is 1. The average Bonchev–Trinajstić information content (AvgIpc) is 2.94. The number of benzene rings is 1. The molecule has 4 N–H and O–H groups in total. The van der Waals surface area contributed by atoms with Gasteiger partial charge < -0.3 is 20.3 Å². The minimum absolute atomic E-state index is 0.269. The molecule has 0 aliphatic carbocycles. The maximum atomic E-state index is 12.4. The van der Waals surface area contributed by atoms with Crippen LogP contribution in [0.25, 0.3) is 0 Å². The van der Waals surface area contributed by atoms with Crippen molar-refractivity contribution >= 4 is 41.0 Å². The summed E-state index contributed by atoms with van der Waals surface area (Å²) in [5.41, 5.74) is -0.803. The van der Waals surface area contributed by atoms with Crippen LogP contribution in [-0.2, 0) is 14.4 Å². The summed E-state index contributed by atoms with van der Waals surface area (Å²) in [7, 11) is 0. The van der Waals surface area contributed by atoms with E-state index in [9.17, 15) is 34.5 Å². The van der Waals surface area contributed by atoms with Crippen molar-refractivity contribution in [2.75, 3.05) is 0 Å². The zero-order valence-corrected chi connectivity index (χ0v) is 15.6. The highest BCUT2D eigenvalue weighted by Gasteiger charge is 2.61. The van der Waals surface area contributed by atoms with E-state index < -0.39 is 45.8 Å². The predicted molar refractivity (Wildman–Crippen MR) is 97.6 cm³/mol. The Morgan fingerprint density at radius 3 is 2.30 bits per heavy atom. The van der Waals surface area contributed by atoms with Gasteiger partial charge in [-0.1, -0.05) is 52.9 Å². The highest BCUT2D eigenvalue weighted by atomic mass is 32.2. The number of thioether (sulfide) groups is 1. The summed E-state index contributed by atoms with van der Waals surface area (Å²) in [5.74, 6) is -5.49. The number of aromatic nitrogens is 1. The second kappa shape index (κ2) is 6.86. The van der Waals surface area contributed by atoms with E-state index in [1.165, 1.54) is 0 Å². The topological polar surface area (TPSA) is 145 Å². The largest absolute Gasteiger partial charge is 0.481 e. The Morgan fingerprint density at radius 2 is 1.78 bits per heavy atom. The van der Waals surface area contributed by atoms with Crippen molar-refractivity contribution in [3.8, 4) is 0 Å². The van der Waals surface area contributed by atoms with E-state index >= 15 is 0 Å². The van der Waals surface area contributed by atoms with Crippen LogP contribution in [0.1, 0.15) is 28.3 Å². The number of H-pyrrole nitrogens is 1. The van der Waals surface area contributed by atoms with Gasteiger partial charge in [0.25, 0.3) is 0 Å². The molecule has 0 fully saturated rings. The van der Waals surface area contributed by atoms with E-state index in [4.69, 9.17) is 0 Å². The summed E-state index contributed by atoms with van der Waals surface area (Å²) in [5, 5.41) is 27.9. The molecular formula is C17H15NO7S2. The van der Waals surface area contributed by atoms with Gasteiger partial charge in [0.1, 0.15) is 10.7 Å². The van der Waals surface area contributed by atoms with E-state index in [0.717, 1.165) is 16.9 Å². The maximum Gasteiger partial charge on any atom is 0.318 e. The van der Waals surface area contributed by atoms with Crippen LogP contribution in [0.3, 0.4) is 0 Å². The lowest BCUT2D eigenvalue weighted by molar-refractivity contribution is -0.161. The second-order valence-electron chi connectivity index (χ2n) is 6.30. The van der Waals surface area contributed by atoms with Crippen LogP contribution in [0, 0.1) is 12.3 Å². The first kappa shape index (κ1) is 19.2. The molecule has 0 saturated heterocycles. The van der Waals surface area contributed by atoms with Gasteiger partial charge in [-0.3, -0.25) is 19.2 Å². The number of aromatic amines is 1. The number of rotatable bonds is 5. The summed E-state index contributed by atoms with van der Waals surface area (Å²) >= 11 is 1.45. The highest BCUT2D eigenvalue weighted by Crippen LogP contribution is 2.58. The summed E-state index contributed by atoms with van der Waals surface area (Å²) in [6, 6.07) is 6.75. The van der Waals surface area contributed by atoms with Crippen molar-refractivity contribution in [3.63, 3.8) is 0 Å². The molecule has 0 spiro atoms. The first-order valence-corrected chi connectivity index (χ1v) is 9.50. The van der Waals surface area contributed by atoms with Crippen LogP contribution in [0.15, 0.2) is 34.1 Å². The van der Waals surface area contributed by atoms with Crippen molar-refractivity contribution in [2.24, 2.45) is 5.41 Å². The Hall–Kier alpha value is -2.59. The lowest BCUT2D eigenvalue weighted by Gasteiger charge is -2.43. The number of aliphatic carboxylic acids is 3. The number of aryl methyl sites for hydroxylation is 1. The normalized spacial score (nSPS) is 24.2. The van der Waals surface area contributed by atoms with E-state index in [1.807, 2.05) is 6.92 Å². The van der Waals surface area contributed by atoms with Crippen LogP contribution < -0.4 is 4.87 Å². The molecule has 2 aromatic rings. The minimum atomic E-state index is -2.16. The lowest BCUT2D eigenvalue weighted by atomic mass is 9.66. The van der Waals surface area contributed by atoms with Gasteiger partial charge in [-0.25, -0.2) is 0 Å². The van der Waals surface area contributed by atoms with Crippen LogP contribution in [0.2, 0.25) is 0 Å². The molecule has 1 aromatic heterocycles. The van der Waals surface area contributed by atoms with Crippen molar-refractivity contribution in [1.29, 1.82) is 0 Å². The molecule has 2 heterocycles. The zero-order valence-electron chi connectivity index (χ0n) is 14.0. The number of carboxylic acid groups (broad SMARTS) is 3. The third kappa shape index (κ3) is 3.15. The smallest absolute Gasteiger partial charge is 0.318 e. The molecule has 1 aliphatic heterocycles. The highest BCUT2D eigenvalue weighted by molar-refractivity contribution is 8.00. The Labute approximate surface area is 160 Å². The molecule has 0 radical (unpaired) electrons. The quantitative estimate of drug-likeness (QED) is 0.587. The molecule has 1 aliphatic rings. The molecule has 3 atom stereocenters. The third-order valence-corrected chi connectivity index (χ3v) is 7.09. The summed E-state index contributed by atoms with van der Waals surface area (Å²) < 4.78 is 0. The van der Waals surface area contributed by atoms with E-state index in [1.54, 1.807) is 24.3 Å². The molecule has 0 saturated carbocycles. The minimum Gasteiger partial charge on any atom is -0.481 e. The Balaban J connectivity index is 2.37. The van der Waals surface area contributed by atoms with Crippen molar-refractivity contribution in [2.45, 2.75) is 29.5 Å². The third-order valence-electron chi connectivity index (χ3n) is 4.60. The maximum absolute atomic E-state index is 12.4. The van der Waals surface area contributed by atoms with Crippen LogP contribution in [0.4, 0.5) is 0 Å². The fraction of sp³-hybridized carbons (Fsp3) is 0.294. The zero-order chi connectivity index (χ0) is 19.9. The molecule has 8 nitrogen and oxygen atoms in total. The van der Waals surface area contributed by atoms with Crippen molar-refractivity contribution < 1.29 is 29.7 Å². The number of carboxylic acids is 3. The predicted octanol–water partition coefficient (Wildman–Crippen LogP) is 1.98. The van der Waals surface area contributed by atoms with Crippen LogP contribution >= 0.6 is 23.1 Å². The van der Waals surface area contributed by atoms with Gasteiger partial charge in [-0.2, -0.15) is 0 Å². The van der Waals surface area contributed by atoms with E-state index in [0.29, 0.717) is 22.2 Å². The summed E-state index contributed by atoms with van der Waals surface area (Å²) in [6.45, 7) is 1.84. The van der Waals surface area contributed by atoms with Crippen LogP contribution in [0.5, 0.6) is 0 Å². The average molecular weight is 409 g/mol. The van der Waals surface area contributed by atoms with Crippen molar-refractivity contribution in [1.82, 2.24) is 4.98 Å². The number of thiazole rings is 1. The van der Waals surface area contributed by atoms with Gasteiger partial charge >= 0.3 is 22.8 Å². The standard InChI is InChI=1S/C17H15NO7S2/c1-7-2-4-8(5-3-7)10-11-13(18-16(25)26-11)27-12(14(21)22)17(10,15(23)24)6-9(19)20/h2-5,10,12H,6H2,1H3,(H,18,25)(H,19,20)(H,21,22)(H,23,24). The number of hydrogen-bond acceptors (Lipinski definition) is 6. The molecule has 142 valence electrons. The molecule has 3 unspecified atom stereocenters. The molecule has 0 bridgehead atoms. The Morgan fingerprint density at radius 1 is 1.15 bits per heavy atom. The lowest BCUT2D eigenvalue weighted by Crippen LogP contribution is -2.52. The van der Waals surface area contributed by atoms with Crippen molar-refractivity contribution in [3.05, 3.63) is 49.9 Å². The van der Waals surface area contributed by atoms with E-state index in [-0.39, 0.29) is 5.03 Å². The molecule has 10 heteroatoms. The SMILES string of the molecule is Cc1ccc(C2c3sc(=O)[nH]c3SC(C(=O)O)C2(CC(=O)O)C(=O)O)cc1. The molecule has 0 amide bonds. The Kier molecular flexibility index (Phi) is 4.87. The molecular weight excluding hydrogens is 394 g/mol. The molecule has 3 rings (SSSR count). The monoisotopic (exact) mass is 409 g/mol. The van der Waals surface area contributed by atoms with Gasteiger partial charge in [0.2, 0.25) is 0 Å². The first-order chi connectivity index (χ1) is 12.7. The summed E-state index contributed by atoms with van der Waals surface area (Å²) in [4.78, 5) is 50.2. The first-order valence-electron chi connectivity index (χ1n) is 7.81. The molecule has 1 aromatic carbocycles. The van der Waals surface area contributed by atoms with Gasteiger partial charge in [-0.15, -0.1) is 0 Å². The number of carbonyl (C=O) groups is 3. The van der Waals surface area contributed by atoms with Gasteiger partial charge in [-0.05, 0) is 12.5 Å². The van der Waals surface area contributed by atoms with Gasteiger partial charge in [0.05, 0.1) is 11.4 Å². The molecule has 27 heavy (non-hydrogen) atoms. The van der Waals surface area contributed by atoms with Crippen LogP contribution in [-0.4, -0.2) is 43.5 Å². The van der Waals surface area contributed by atoms with Gasteiger partial charge in [0, 0.05) is 10.8 Å². The number of nitrogens with one attached hydrogen (secondary N) is 1. The second-order valence-corrected chi connectivity index (χ2v) is 8.43.